The predicted octanol–water partition coefficient (Wildman–Crippen LogP) is 4.73. The number of benzene rings is 3. The van der Waals surface area contributed by atoms with Crippen molar-refractivity contribution in [3.05, 3.63) is 102 Å². The highest BCUT2D eigenvalue weighted by Gasteiger charge is 2.53. The Morgan fingerprint density at radius 1 is 0.750 bits per heavy atom. The van der Waals surface area contributed by atoms with Crippen molar-refractivity contribution in [2.75, 3.05) is 88.4 Å². The van der Waals surface area contributed by atoms with Crippen molar-refractivity contribution in [3.63, 3.8) is 0 Å². The van der Waals surface area contributed by atoms with E-state index < -0.39 is 5.41 Å². The van der Waals surface area contributed by atoms with Crippen molar-refractivity contribution in [1.82, 2.24) is 30.2 Å². The van der Waals surface area contributed by atoms with Crippen LogP contribution in [0.4, 0.5) is 11.4 Å². The molecule has 10 rings (SSSR count). The highest BCUT2D eigenvalue weighted by molar-refractivity contribution is 6.01. The number of nitrogens with zero attached hydrogens (tertiary/aromatic N) is 7. The maximum Gasteiger partial charge on any atom is 0.236 e. The standard InChI is InChI=1S/C50H58N8O6/c59-43-9-5-4-8-41(43)42-30-39(31-51-53-42)55-26-20-50(21-27-55,37-6-2-1-3-7-37)47(63)58-33-48(34-58)16-24-56(25-17-48)45(61)32-54-22-18-49(19-23-54)35-57(28-29-64-49)38-12-10-36(11-13-38)40-14-15-44(60)52-46(40)62/h1-13,30-31,40,59H,14-29,32-35H2,(H,52,60,62)/t40-/m0/s1. The third-order valence-electron chi connectivity index (χ3n) is 15.3. The average molecular weight is 867 g/mol. The number of carbonyl (C=O) groups is 4. The molecule has 6 aliphatic heterocycles. The molecule has 64 heavy (non-hydrogen) atoms. The first-order chi connectivity index (χ1) is 31.1. The lowest BCUT2D eigenvalue weighted by molar-refractivity contribution is -0.157. The molecule has 4 amide bonds. The summed E-state index contributed by atoms with van der Waals surface area (Å²) < 4.78 is 6.46. The van der Waals surface area contributed by atoms with E-state index in [-0.39, 0.29) is 46.3 Å². The van der Waals surface area contributed by atoms with Crippen molar-refractivity contribution in [1.29, 1.82) is 0 Å². The van der Waals surface area contributed by atoms with E-state index in [4.69, 9.17) is 4.74 Å². The molecule has 2 N–H and O–H groups in total. The van der Waals surface area contributed by atoms with E-state index in [2.05, 4.69) is 59.4 Å². The highest BCUT2D eigenvalue weighted by atomic mass is 16.5. The molecule has 1 aromatic heterocycles. The van der Waals surface area contributed by atoms with Crippen molar-refractivity contribution < 1.29 is 29.0 Å². The zero-order valence-electron chi connectivity index (χ0n) is 36.5. The van der Waals surface area contributed by atoms with Crippen LogP contribution < -0.4 is 15.1 Å². The second-order valence-electron chi connectivity index (χ2n) is 19.1. The molecule has 2 spiro atoms. The van der Waals surface area contributed by atoms with Crippen LogP contribution in [0.25, 0.3) is 11.3 Å². The molecule has 334 valence electrons. The number of aromatic nitrogens is 2. The third-order valence-corrected chi connectivity index (χ3v) is 15.3. The van der Waals surface area contributed by atoms with Gasteiger partial charge in [0.15, 0.2) is 0 Å². The van der Waals surface area contributed by atoms with Crippen LogP contribution in [0.5, 0.6) is 5.75 Å². The second kappa shape index (κ2) is 17.3. The van der Waals surface area contributed by atoms with Crippen LogP contribution in [0.15, 0.2) is 91.1 Å². The Balaban J connectivity index is 0.700. The van der Waals surface area contributed by atoms with Crippen LogP contribution in [-0.2, 0) is 29.3 Å². The van der Waals surface area contributed by atoms with Gasteiger partial charge in [-0.2, -0.15) is 10.2 Å². The number of phenolic OH excluding ortho intramolecular Hbond substituents is 1. The predicted molar refractivity (Wildman–Crippen MR) is 242 cm³/mol. The molecule has 1 atom stereocenters. The second-order valence-corrected chi connectivity index (χ2v) is 19.1. The van der Waals surface area contributed by atoms with Gasteiger partial charge in [-0.25, -0.2) is 0 Å². The number of carbonyl (C=O) groups excluding carboxylic acids is 4. The SMILES string of the molecule is O=C1CC[C@@H](c2ccc(N3CCOC4(CCN(CC(=O)N5CCC6(CC5)CN(C(=O)C5(c7ccccc7)CCN(c7cnnc(-c8ccccc8O)c7)CC5)C6)CC4)C3)cc2)C(=O)N1. The maximum absolute atomic E-state index is 14.7. The van der Waals surface area contributed by atoms with E-state index in [1.165, 1.54) is 0 Å². The number of piperidine rings is 4. The van der Waals surface area contributed by atoms with Crippen LogP contribution in [0.2, 0.25) is 0 Å². The first-order valence-corrected chi connectivity index (χ1v) is 23.1. The molecule has 6 aliphatic rings. The van der Waals surface area contributed by atoms with E-state index in [0.717, 1.165) is 101 Å². The van der Waals surface area contributed by atoms with Gasteiger partial charge in [0.05, 0.1) is 47.7 Å². The Morgan fingerprint density at radius 3 is 2.19 bits per heavy atom. The molecule has 6 fully saturated rings. The van der Waals surface area contributed by atoms with Crippen LogP contribution in [-0.4, -0.2) is 138 Å². The molecule has 0 bridgehead atoms. The summed E-state index contributed by atoms with van der Waals surface area (Å²) in [5.74, 6) is -0.147. The van der Waals surface area contributed by atoms with Gasteiger partial charge in [0.2, 0.25) is 23.6 Å². The number of rotatable bonds is 8. The van der Waals surface area contributed by atoms with Gasteiger partial charge in [-0.15, -0.1) is 0 Å². The minimum atomic E-state index is -0.615. The number of hydrogen-bond acceptors (Lipinski definition) is 11. The summed E-state index contributed by atoms with van der Waals surface area (Å²) in [6.07, 6.45) is 7.57. The minimum absolute atomic E-state index is 0.0556. The fourth-order valence-electron chi connectivity index (χ4n) is 11.3. The van der Waals surface area contributed by atoms with Gasteiger partial charge in [0.25, 0.3) is 0 Å². The lowest BCUT2D eigenvalue weighted by atomic mass is 9.67. The first kappa shape index (κ1) is 42.1. The summed E-state index contributed by atoms with van der Waals surface area (Å²) in [6.45, 7) is 8.56. The summed E-state index contributed by atoms with van der Waals surface area (Å²) >= 11 is 0. The van der Waals surface area contributed by atoms with E-state index >= 15 is 0 Å². The lowest BCUT2D eigenvalue weighted by Gasteiger charge is -2.56. The minimum Gasteiger partial charge on any atom is -0.507 e. The Bertz CT molecular complexity index is 2360. The van der Waals surface area contributed by atoms with Gasteiger partial charge < -0.3 is 29.4 Å². The smallest absolute Gasteiger partial charge is 0.236 e. The van der Waals surface area contributed by atoms with Crippen molar-refractivity contribution in [2.24, 2.45) is 5.41 Å². The molecule has 0 aliphatic carbocycles. The highest BCUT2D eigenvalue weighted by Crippen LogP contribution is 2.46. The molecule has 7 heterocycles. The number of ether oxygens (including phenoxy) is 1. The molecule has 3 aromatic carbocycles. The topological polar surface area (TPSA) is 152 Å². The van der Waals surface area contributed by atoms with Crippen molar-refractivity contribution >= 4 is 35.0 Å². The number of para-hydroxylation sites is 1. The molecule has 0 radical (unpaired) electrons. The van der Waals surface area contributed by atoms with Gasteiger partial charge >= 0.3 is 0 Å². The fraction of sp³-hybridized carbons (Fsp3) is 0.480. The van der Waals surface area contributed by atoms with Gasteiger partial charge in [0, 0.05) is 88.5 Å². The monoisotopic (exact) mass is 866 g/mol. The van der Waals surface area contributed by atoms with E-state index in [1.54, 1.807) is 18.3 Å². The van der Waals surface area contributed by atoms with Crippen LogP contribution >= 0.6 is 0 Å². The number of nitrogens with one attached hydrogen (secondary N) is 1. The molecule has 0 saturated carbocycles. The van der Waals surface area contributed by atoms with E-state index in [9.17, 15) is 24.3 Å². The van der Waals surface area contributed by atoms with Crippen molar-refractivity contribution in [2.45, 2.75) is 68.3 Å². The maximum atomic E-state index is 14.7. The quantitative estimate of drug-likeness (QED) is 0.237. The number of morpholine rings is 1. The molecular weight excluding hydrogens is 809 g/mol. The summed E-state index contributed by atoms with van der Waals surface area (Å²) in [7, 11) is 0. The number of anilines is 2. The summed E-state index contributed by atoms with van der Waals surface area (Å²) in [5, 5.41) is 21.5. The number of hydrogen-bond donors (Lipinski definition) is 2. The normalized spacial score (nSPS) is 23.2. The average Bonchev–Trinajstić information content (AvgIpc) is 3.32. The zero-order valence-corrected chi connectivity index (χ0v) is 36.5. The molecule has 6 saturated heterocycles. The van der Waals surface area contributed by atoms with Crippen LogP contribution in [0.3, 0.4) is 0 Å². The molecule has 14 nitrogen and oxygen atoms in total. The van der Waals surface area contributed by atoms with Gasteiger partial charge in [-0.05, 0) is 86.4 Å². The Hall–Kier alpha value is -5.86. The largest absolute Gasteiger partial charge is 0.507 e. The molecular formula is C50H58N8O6. The number of aromatic hydroxyl groups is 1. The molecule has 14 heteroatoms. The van der Waals surface area contributed by atoms with E-state index in [1.807, 2.05) is 53.4 Å². The summed E-state index contributed by atoms with van der Waals surface area (Å²) in [5.41, 5.74) is 4.48. The number of likely N-dealkylation sites (tertiary alicyclic amines) is 3. The Morgan fingerprint density at radius 2 is 1.47 bits per heavy atom. The van der Waals surface area contributed by atoms with Gasteiger partial charge in [-0.1, -0.05) is 54.6 Å². The Labute approximate surface area is 374 Å². The first-order valence-electron chi connectivity index (χ1n) is 23.1. The van der Waals surface area contributed by atoms with Gasteiger partial charge in [-0.3, -0.25) is 29.4 Å². The van der Waals surface area contributed by atoms with Crippen molar-refractivity contribution in [3.8, 4) is 17.0 Å². The lowest BCUT2D eigenvalue weighted by Crippen LogP contribution is -2.66. The summed E-state index contributed by atoms with van der Waals surface area (Å²) in [4.78, 5) is 63.5. The number of imide groups is 1. The van der Waals surface area contributed by atoms with E-state index in [0.29, 0.717) is 63.2 Å². The molecule has 4 aromatic rings. The fourth-order valence-corrected chi connectivity index (χ4v) is 11.3. The van der Waals surface area contributed by atoms with Crippen LogP contribution in [0.1, 0.15) is 68.4 Å². The third kappa shape index (κ3) is 8.22. The zero-order chi connectivity index (χ0) is 43.9. The molecule has 0 unspecified atom stereocenters. The number of amides is 4. The summed E-state index contributed by atoms with van der Waals surface area (Å²) in [6, 6.07) is 27.6. The van der Waals surface area contributed by atoms with Gasteiger partial charge in [0.1, 0.15) is 5.75 Å². The number of phenols is 1. The Kier molecular flexibility index (Phi) is 11.4. The van der Waals surface area contributed by atoms with Crippen LogP contribution in [0, 0.1) is 5.41 Å².